The number of halogens is 3. The number of rotatable bonds is 5. The molecule has 0 aromatic heterocycles. The molecule has 0 radical (unpaired) electrons. The van der Waals surface area contributed by atoms with E-state index in [1.807, 2.05) is 6.92 Å². The highest BCUT2D eigenvalue weighted by Gasteiger charge is 2.34. The van der Waals surface area contributed by atoms with Gasteiger partial charge in [-0.1, -0.05) is 13.3 Å². The van der Waals surface area contributed by atoms with Gasteiger partial charge in [0.2, 0.25) is 6.41 Å². The van der Waals surface area contributed by atoms with E-state index in [4.69, 9.17) is 10.6 Å². The van der Waals surface area contributed by atoms with Gasteiger partial charge in [-0.05, 0) is 18.6 Å². The number of unbranched alkanes of at least 4 members (excludes halogenated alkanes) is 1. The van der Waals surface area contributed by atoms with Gasteiger partial charge in [0.15, 0.2) is 6.73 Å². The number of ether oxygens (including phenoxy) is 1. The van der Waals surface area contributed by atoms with E-state index in [-0.39, 0.29) is 24.7 Å². The average molecular weight is 317 g/mol. The van der Waals surface area contributed by atoms with Crippen molar-refractivity contribution in [3.05, 3.63) is 23.3 Å². The highest BCUT2D eigenvalue weighted by molar-refractivity contribution is 5.80. The van der Waals surface area contributed by atoms with Crippen molar-refractivity contribution >= 4 is 12.1 Å². The van der Waals surface area contributed by atoms with Crippen molar-refractivity contribution < 1.29 is 22.7 Å². The molecule has 122 valence electrons. The van der Waals surface area contributed by atoms with Crippen molar-refractivity contribution in [1.29, 1.82) is 0 Å². The Bertz CT molecular complexity index is 549. The Morgan fingerprint density at radius 3 is 2.77 bits per heavy atom. The van der Waals surface area contributed by atoms with Crippen LogP contribution in [0.2, 0.25) is 0 Å². The maximum absolute atomic E-state index is 13.1. The topological polar surface area (TPSA) is 58.8 Å². The van der Waals surface area contributed by atoms with Gasteiger partial charge < -0.3 is 9.64 Å². The van der Waals surface area contributed by atoms with Crippen LogP contribution >= 0.6 is 0 Å². The summed E-state index contributed by atoms with van der Waals surface area (Å²) in [4.78, 5) is 12.5. The second-order valence-electron chi connectivity index (χ2n) is 5.15. The van der Waals surface area contributed by atoms with E-state index in [2.05, 4.69) is 0 Å². The number of nitrogens with two attached hydrogens (primary N) is 1. The standard InChI is InChI=1S/C14H18F3N3O2/c1-2-3-4-19(8-21)12-6-11(14(15,16)17)5-10-7-20(18)9-22-13(10)12/h5-6,8H,2-4,7,9,18H2,1H3. The van der Waals surface area contributed by atoms with Gasteiger partial charge in [0.1, 0.15) is 5.75 Å². The van der Waals surface area contributed by atoms with E-state index < -0.39 is 11.7 Å². The van der Waals surface area contributed by atoms with Gasteiger partial charge in [-0.15, -0.1) is 0 Å². The molecule has 1 amide bonds. The van der Waals surface area contributed by atoms with Crippen molar-refractivity contribution in [3.8, 4) is 5.75 Å². The number of nitrogens with zero attached hydrogens (tertiary/aromatic N) is 2. The molecule has 22 heavy (non-hydrogen) atoms. The maximum atomic E-state index is 13.1. The maximum Gasteiger partial charge on any atom is 0.416 e. The van der Waals surface area contributed by atoms with Gasteiger partial charge in [-0.25, -0.2) is 5.01 Å². The number of amides is 1. The van der Waals surface area contributed by atoms with Gasteiger partial charge >= 0.3 is 6.18 Å². The first-order chi connectivity index (χ1) is 10.4. The monoisotopic (exact) mass is 317 g/mol. The lowest BCUT2D eigenvalue weighted by Gasteiger charge is -2.30. The van der Waals surface area contributed by atoms with E-state index in [0.717, 1.165) is 18.6 Å². The first-order valence-electron chi connectivity index (χ1n) is 6.95. The smallest absolute Gasteiger partial charge is 0.416 e. The molecule has 0 unspecified atom stereocenters. The molecule has 2 rings (SSSR count). The molecule has 5 nitrogen and oxygen atoms in total. The molecule has 0 saturated heterocycles. The van der Waals surface area contributed by atoms with Gasteiger partial charge in [-0.3, -0.25) is 10.6 Å². The van der Waals surface area contributed by atoms with E-state index in [9.17, 15) is 18.0 Å². The summed E-state index contributed by atoms with van der Waals surface area (Å²) in [6, 6.07) is 1.97. The molecular weight excluding hydrogens is 299 g/mol. The zero-order valence-electron chi connectivity index (χ0n) is 12.2. The molecule has 1 aromatic carbocycles. The number of carbonyl (C=O) groups is 1. The normalized spacial score (nSPS) is 15.1. The molecule has 1 heterocycles. The van der Waals surface area contributed by atoms with Crippen molar-refractivity contribution in [1.82, 2.24) is 5.01 Å². The number of alkyl halides is 3. The van der Waals surface area contributed by atoms with E-state index >= 15 is 0 Å². The van der Waals surface area contributed by atoms with Crippen molar-refractivity contribution in [3.63, 3.8) is 0 Å². The zero-order chi connectivity index (χ0) is 16.3. The molecule has 1 aromatic rings. The Labute approximate surface area is 126 Å². The summed E-state index contributed by atoms with van der Waals surface area (Å²) in [6.07, 6.45) is -2.46. The first-order valence-corrected chi connectivity index (χ1v) is 6.95. The summed E-state index contributed by atoms with van der Waals surface area (Å²) in [5.41, 5.74) is -0.355. The van der Waals surface area contributed by atoms with Crippen molar-refractivity contribution in [2.45, 2.75) is 32.5 Å². The Kier molecular flexibility index (Phi) is 4.92. The van der Waals surface area contributed by atoms with Crippen molar-refractivity contribution in [2.24, 2.45) is 5.84 Å². The Hall–Kier alpha value is -1.80. The van der Waals surface area contributed by atoms with E-state index in [1.165, 1.54) is 9.91 Å². The SMILES string of the molecule is CCCCN(C=O)c1cc(C(F)(F)F)cc2c1OCN(N)C2. The first kappa shape index (κ1) is 16.6. The van der Waals surface area contributed by atoms with Crippen LogP contribution in [0, 0.1) is 0 Å². The summed E-state index contributed by atoms with van der Waals surface area (Å²) in [7, 11) is 0. The largest absolute Gasteiger partial charge is 0.474 e. The quantitative estimate of drug-likeness (QED) is 0.669. The molecule has 8 heteroatoms. The summed E-state index contributed by atoms with van der Waals surface area (Å²) < 4.78 is 44.6. The molecule has 2 N–H and O–H groups in total. The van der Waals surface area contributed by atoms with Crippen LogP contribution in [-0.2, 0) is 17.5 Å². The summed E-state index contributed by atoms with van der Waals surface area (Å²) in [6.45, 7) is 2.47. The fourth-order valence-corrected chi connectivity index (χ4v) is 2.30. The van der Waals surface area contributed by atoms with E-state index in [1.54, 1.807) is 0 Å². The van der Waals surface area contributed by atoms with Crippen LogP contribution in [0.5, 0.6) is 5.75 Å². The van der Waals surface area contributed by atoms with Gasteiger partial charge in [0, 0.05) is 18.7 Å². The molecule has 0 saturated carbocycles. The molecule has 0 fully saturated rings. The van der Waals surface area contributed by atoms with Crippen LogP contribution in [-0.4, -0.2) is 24.7 Å². The third-order valence-electron chi connectivity index (χ3n) is 3.41. The molecule has 0 bridgehead atoms. The van der Waals surface area contributed by atoms with E-state index in [0.29, 0.717) is 24.9 Å². The second kappa shape index (κ2) is 6.53. The predicted octanol–water partition coefficient (Wildman–Crippen LogP) is 2.49. The molecule has 0 aliphatic carbocycles. The lowest BCUT2D eigenvalue weighted by molar-refractivity contribution is -0.137. The van der Waals surface area contributed by atoms with Gasteiger partial charge in [0.25, 0.3) is 0 Å². The van der Waals surface area contributed by atoms with Crippen LogP contribution in [0.15, 0.2) is 12.1 Å². The van der Waals surface area contributed by atoms with Crippen LogP contribution in [0.25, 0.3) is 0 Å². The predicted molar refractivity (Wildman–Crippen MR) is 75.0 cm³/mol. The number of benzene rings is 1. The average Bonchev–Trinajstić information content (AvgIpc) is 2.46. The van der Waals surface area contributed by atoms with Crippen LogP contribution in [0.3, 0.4) is 0 Å². The number of hydrogen-bond donors (Lipinski definition) is 1. The van der Waals surface area contributed by atoms with Gasteiger partial charge in [0.05, 0.1) is 11.3 Å². The molecule has 0 spiro atoms. The second-order valence-corrected chi connectivity index (χ2v) is 5.15. The van der Waals surface area contributed by atoms with Gasteiger partial charge in [-0.2, -0.15) is 13.2 Å². The minimum Gasteiger partial charge on any atom is -0.474 e. The van der Waals surface area contributed by atoms with Crippen LogP contribution in [0.1, 0.15) is 30.9 Å². The minimum absolute atomic E-state index is 0.0613. The number of carbonyl (C=O) groups excluding carboxylic acids is 1. The number of fused-ring (bicyclic) bond motifs is 1. The van der Waals surface area contributed by atoms with Crippen LogP contribution < -0.4 is 15.5 Å². The number of hydrazine groups is 1. The summed E-state index contributed by atoms with van der Waals surface area (Å²) in [5.74, 6) is 5.88. The summed E-state index contributed by atoms with van der Waals surface area (Å²) >= 11 is 0. The van der Waals surface area contributed by atoms with Crippen molar-refractivity contribution in [2.75, 3.05) is 18.2 Å². The fraction of sp³-hybridized carbons (Fsp3) is 0.500. The third kappa shape index (κ3) is 3.50. The molecule has 1 aliphatic rings. The zero-order valence-corrected chi connectivity index (χ0v) is 12.2. The Balaban J connectivity index is 2.50. The third-order valence-corrected chi connectivity index (χ3v) is 3.41. The number of hydrogen-bond acceptors (Lipinski definition) is 4. The lowest BCUT2D eigenvalue weighted by atomic mass is 10.0. The minimum atomic E-state index is -4.50. The molecular formula is C14H18F3N3O2. The highest BCUT2D eigenvalue weighted by atomic mass is 19.4. The lowest BCUT2D eigenvalue weighted by Crippen LogP contribution is -2.38. The highest BCUT2D eigenvalue weighted by Crippen LogP contribution is 2.41. The Morgan fingerprint density at radius 2 is 2.18 bits per heavy atom. The Morgan fingerprint density at radius 1 is 1.45 bits per heavy atom. The van der Waals surface area contributed by atoms with Crippen LogP contribution in [0.4, 0.5) is 18.9 Å². The number of anilines is 1. The molecule has 1 aliphatic heterocycles. The molecule has 0 atom stereocenters. The summed E-state index contributed by atoms with van der Waals surface area (Å²) in [5, 5.41) is 1.27. The fourth-order valence-electron chi connectivity index (χ4n) is 2.30.